The van der Waals surface area contributed by atoms with Crippen molar-refractivity contribution in [3.63, 3.8) is 0 Å². The number of amides is 1. The first kappa shape index (κ1) is 13.5. The molecule has 2 rings (SSSR count). The third-order valence-electron chi connectivity index (χ3n) is 3.94. The minimum Gasteiger partial charge on any atom is -0.347 e. The van der Waals surface area contributed by atoms with Crippen molar-refractivity contribution in [1.29, 1.82) is 5.26 Å². The van der Waals surface area contributed by atoms with Crippen LogP contribution in [0.25, 0.3) is 0 Å². The summed E-state index contributed by atoms with van der Waals surface area (Å²) in [5.41, 5.74) is 0.982. The summed E-state index contributed by atoms with van der Waals surface area (Å²) in [6.45, 7) is 4.40. The van der Waals surface area contributed by atoms with Crippen LogP contribution in [0.5, 0.6) is 0 Å². The molecule has 1 fully saturated rings. The molecule has 0 saturated heterocycles. The zero-order valence-electron chi connectivity index (χ0n) is 11.4. The fraction of sp³-hybridized carbons (Fsp3) is 0.533. The van der Waals surface area contributed by atoms with Crippen LogP contribution in [0, 0.1) is 16.7 Å². The largest absolute Gasteiger partial charge is 0.347 e. The minimum absolute atomic E-state index is 0.139. The highest BCUT2D eigenvalue weighted by Gasteiger charge is 2.33. The first-order valence-electron chi connectivity index (χ1n) is 6.70. The zero-order valence-corrected chi connectivity index (χ0v) is 11.4. The molecule has 1 aliphatic rings. The summed E-state index contributed by atoms with van der Waals surface area (Å²) in [4.78, 5) is 16.2. The molecule has 1 aliphatic carbocycles. The van der Waals surface area contributed by atoms with E-state index in [1.165, 1.54) is 12.6 Å². The second-order valence-corrected chi connectivity index (χ2v) is 5.80. The second-order valence-electron chi connectivity index (χ2n) is 5.80. The number of rotatable bonds is 2. The molecule has 1 N–H and O–H groups in total. The highest BCUT2D eigenvalue weighted by molar-refractivity contribution is 5.92. The number of nitrogens with zero attached hydrogens (tertiary/aromatic N) is 2. The van der Waals surface area contributed by atoms with E-state index in [9.17, 15) is 4.79 Å². The molecule has 1 unspecified atom stereocenters. The van der Waals surface area contributed by atoms with Crippen molar-refractivity contribution in [1.82, 2.24) is 10.3 Å². The average molecular weight is 257 g/mol. The van der Waals surface area contributed by atoms with Crippen molar-refractivity contribution in [2.75, 3.05) is 0 Å². The van der Waals surface area contributed by atoms with Gasteiger partial charge < -0.3 is 5.32 Å². The number of hydrogen-bond acceptors (Lipinski definition) is 3. The van der Waals surface area contributed by atoms with Crippen molar-refractivity contribution >= 4 is 5.91 Å². The number of carbonyl (C=O) groups is 1. The highest BCUT2D eigenvalue weighted by Crippen LogP contribution is 2.35. The lowest BCUT2D eigenvalue weighted by molar-refractivity contribution is 0.0848. The van der Waals surface area contributed by atoms with E-state index in [1.807, 2.05) is 6.07 Å². The van der Waals surface area contributed by atoms with E-state index in [-0.39, 0.29) is 17.4 Å². The Morgan fingerprint density at radius 3 is 2.84 bits per heavy atom. The van der Waals surface area contributed by atoms with Crippen molar-refractivity contribution in [3.8, 4) is 6.07 Å². The quantitative estimate of drug-likeness (QED) is 0.885. The fourth-order valence-electron chi connectivity index (χ4n) is 2.59. The van der Waals surface area contributed by atoms with Gasteiger partial charge in [0.1, 0.15) is 11.8 Å². The predicted octanol–water partition coefficient (Wildman–Crippen LogP) is 2.65. The molecule has 0 radical (unpaired) electrons. The van der Waals surface area contributed by atoms with Crippen LogP contribution >= 0.6 is 0 Å². The molecule has 0 spiro atoms. The SMILES string of the molecule is CC1(C)CCCCC1NC(=O)c1ccc(C#N)cn1. The van der Waals surface area contributed by atoms with Crippen molar-refractivity contribution in [2.45, 2.75) is 45.6 Å². The van der Waals surface area contributed by atoms with Crippen LogP contribution in [0.15, 0.2) is 18.3 Å². The number of carbonyl (C=O) groups excluding carboxylic acids is 1. The molecule has 0 aromatic carbocycles. The van der Waals surface area contributed by atoms with Gasteiger partial charge in [0.25, 0.3) is 5.91 Å². The van der Waals surface area contributed by atoms with Crippen molar-refractivity contribution < 1.29 is 4.79 Å². The molecular formula is C15H19N3O. The van der Waals surface area contributed by atoms with E-state index in [4.69, 9.17) is 5.26 Å². The molecule has 0 bridgehead atoms. The lowest BCUT2D eigenvalue weighted by Crippen LogP contribution is -2.47. The Hall–Kier alpha value is -1.89. The first-order chi connectivity index (χ1) is 9.03. The van der Waals surface area contributed by atoms with Crippen LogP contribution in [0.2, 0.25) is 0 Å². The van der Waals surface area contributed by atoms with Gasteiger partial charge in [0.05, 0.1) is 5.56 Å². The molecule has 4 nitrogen and oxygen atoms in total. The monoisotopic (exact) mass is 257 g/mol. The van der Waals surface area contributed by atoms with Crippen molar-refractivity contribution in [2.24, 2.45) is 5.41 Å². The van der Waals surface area contributed by atoms with Crippen molar-refractivity contribution in [3.05, 3.63) is 29.6 Å². The Morgan fingerprint density at radius 2 is 2.26 bits per heavy atom. The van der Waals surface area contributed by atoms with Gasteiger partial charge in [-0.1, -0.05) is 26.7 Å². The summed E-state index contributed by atoms with van der Waals surface area (Å²) < 4.78 is 0. The van der Waals surface area contributed by atoms with E-state index >= 15 is 0 Å². The molecule has 1 saturated carbocycles. The summed E-state index contributed by atoms with van der Waals surface area (Å²) in [7, 11) is 0. The summed E-state index contributed by atoms with van der Waals surface area (Å²) in [6, 6.07) is 5.41. The minimum atomic E-state index is -0.149. The van der Waals surface area contributed by atoms with Gasteiger partial charge in [0, 0.05) is 12.2 Å². The maximum Gasteiger partial charge on any atom is 0.270 e. The Bertz CT molecular complexity index is 499. The Labute approximate surface area is 113 Å². The van der Waals surface area contributed by atoms with Crippen LogP contribution in [0.1, 0.15) is 55.6 Å². The molecule has 1 heterocycles. The van der Waals surface area contributed by atoms with E-state index in [0.717, 1.165) is 19.3 Å². The number of aromatic nitrogens is 1. The van der Waals surface area contributed by atoms with Gasteiger partial charge in [-0.2, -0.15) is 5.26 Å². The lowest BCUT2D eigenvalue weighted by atomic mass is 9.73. The Kier molecular flexibility index (Phi) is 3.84. The Morgan fingerprint density at radius 1 is 1.47 bits per heavy atom. The van der Waals surface area contributed by atoms with Gasteiger partial charge in [-0.05, 0) is 30.4 Å². The van der Waals surface area contributed by atoms with E-state index in [1.54, 1.807) is 12.1 Å². The molecule has 1 amide bonds. The molecule has 0 aliphatic heterocycles. The number of nitrogens with one attached hydrogen (secondary N) is 1. The van der Waals surface area contributed by atoms with Gasteiger partial charge in [-0.3, -0.25) is 4.79 Å². The second kappa shape index (κ2) is 5.40. The lowest BCUT2D eigenvalue weighted by Gasteiger charge is -2.38. The molecular weight excluding hydrogens is 238 g/mol. The zero-order chi connectivity index (χ0) is 13.9. The van der Waals surface area contributed by atoms with E-state index in [0.29, 0.717) is 11.3 Å². The molecule has 4 heteroatoms. The number of nitriles is 1. The van der Waals surface area contributed by atoms with Gasteiger partial charge in [-0.15, -0.1) is 0 Å². The summed E-state index contributed by atoms with van der Waals surface area (Å²) in [5, 5.41) is 11.8. The molecule has 1 aromatic rings. The van der Waals surface area contributed by atoms with Crippen LogP contribution in [0.4, 0.5) is 0 Å². The van der Waals surface area contributed by atoms with E-state index < -0.39 is 0 Å². The van der Waals surface area contributed by atoms with Crippen LogP contribution < -0.4 is 5.32 Å². The normalized spacial score (nSPS) is 21.4. The fourth-order valence-corrected chi connectivity index (χ4v) is 2.59. The average Bonchev–Trinajstić information content (AvgIpc) is 2.41. The number of hydrogen-bond donors (Lipinski definition) is 1. The summed E-state index contributed by atoms with van der Waals surface area (Å²) in [6.07, 6.45) is 5.98. The van der Waals surface area contributed by atoms with Gasteiger partial charge in [-0.25, -0.2) is 4.98 Å². The number of pyridine rings is 1. The standard InChI is InChI=1S/C15H19N3O/c1-15(2)8-4-3-5-13(15)18-14(19)12-7-6-11(9-16)10-17-12/h6-7,10,13H,3-5,8H2,1-2H3,(H,18,19). The predicted molar refractivity (Wildman–Crippen MR) is 72.5 cm³/mol. The summed E-state index contributed by atoms with van der Waals surface area (Å²) in [5.74, 6) is -0.149. The third kappa shape index (κ3) is 3.11. The van der Waals surface area contributed by atoms with E-state index in [2.05, 4.69) is 24.1 Å². The molecule has 19 heavy (non-hydrogen) atoms. The topological polar surface area (TPSA) is 65.8 Å². The van der Waals surface area contributed by atoms with Gasteiger partial charge >= 0.3 is 0 Å². The third-order valence-corrected chi connectivity index (χ3v) is 3.94. The van der Waals surface area contributed by atoms with Crippen LogP contribution in [0.3, 0.4) is 0 Å². The Balaban J connectivity index is 2.06. The first-order valence-corrected chi connectivity index (χ1v) is 6.70. The highest BCUT2D eigenvalue weighted by atomic mass is 16.1. The maximum atomic E-state index is 12.1. The van der Waals surface area contributed by atoms with Crippen LogP contribution in [-0.2, 0) is 0 Å². The smallest absolute Gasteiger partial charge is 0.270 e. The molecule has 1 aromatic heterocycles. The van der Waals surface area contributed by atoms with Gasteiger partial charge in [0.2, 0.25) is 0 Å². The molecule has 100 valence electrons. The maximum absolute atomic E-state index is 12.1. The summed E-state index contributed by atoms with van der Waals surface area (Å²) >= 11 is 0. The van der Waals surface area contributed by atoms with Gasteiger partial charge in [0.15, 0.2) is 0 Å². The van der Waals surface area contributed by atoms with Crippen LogP contribution in [-0.4, -0.2) is 16.9 Å². The molecule has 1 atom stereocenters.